The molecule has 1 aliphatic carbocycles. The summed E-state index contributed by atoms with van der Waals surface area (Å²) in [5, 5.41) is 13.4. The van der Waals surface area contributed by atoms with Crippen LogP contribution in [0.2, 0.25) is 0 Å². The van der Waals surface area contributed by atoms with Gasteiger partial charge < -0.3 is 15.2 Å². The van der Waals surface area contributed by atoms with Gasteiger partial charge in [-0.15, -0.1) is 0 Å². The molecule has 2 rings (SSSR count). The largest absolute Gasteiger partial charge is 0.490 e. The number of ether oxygens (including phenoxy) is 1. The van der Waals surface area contributed by atoms with Gasteiger partial charge in [0.1, 0.15) is 18.5 Å². The third kappa shape index (κ3) is 3.97. The normalized spacial score (nSPS) is 18.4. The Morgan fingerprint density at radius 3 is 2.50 bits per heavy atom. The van der Waals surface area contributed by atoms with Crippen LogP contribution in [0.5, 0.6) is 5.75 Å². The van der Waals surface area contributed by atoms with E-state index in [-0.39, 0.29) is 0 Å². The summed E-state index contributed by atoms with van der Waals surface area (Å²) in [6.07, 6.45) is 3.48. The number of aliphatic hydroxyl groups is 1. The fourth-order valence-electron chi connectivity index (χ4n) is 2.76. The molecule has 1 aromatic carbocycles. The van der Waals surface area contributed by atoms with Crippen molar-refractivity contribution in [3.8, 4) is 5.75 Å². The van der Waals surface area contributed by atoms with Gasteiger partial charge in [-0.05, 0) is 43.2 Å². The quantitative estimate of drug-likeness (QED) is 0.805. The smallest absolute Gasteiger partial charge is 0.125 e. The van der Waals surface area contributed by atoms with E-state index in [0.717, 1.165) is 23.4 Å². The summed E-state index contributed by atoms with van der Waals surface area (Å²) in [4.78, 5) is 0. The molecule has 0 saturated heterocycles. The molecule has 3 nitrogen and oxygen atoms in total. The predicted octanol–water partition coefficient (Wildman–Crippen LogP) is 2.82. The number of para-hydroxylation sites is 1. The summed E-state index contributed by atoms with van der Waals surface area (Å²) in [6.45, 7) is 8.31. The fourth-order valence-corrected chi connectivity index (χ4v) is 2.76. The highest BCUT2D eigenvalue weighted by Gasteiger charge is 2.31. The Morgan fingerprint density at radius 1 is 1.30 bits per heavy atom. The van der Waals surface area contributed by atoms with Gasteiger partial charge in [0, 0.05) is 13.1 Å². The first-order valence-electron chi connectivity index (χ1n) is 7.58. The minimum absolute atomic E-state index is 0.343. The van der Waals surface area contributed by atoms with E-state index in [2.05, 4.69) is 12.2 Å². The summed E-state index contributed by atoms with van der Waals surface area (Å²) < 4.78 is 5.76. The fraction of sp³-hybridized carbons (Fsp3) is 0.647. The molecule has 2 N–H and O–H groups in total. The number of hydrogen-bond donors (Lipinski definition) is 2. The summed E-state index contributed by atoms with van der Waals surface area (Å²) >= 11 is 0. The average molecular weight is 277 g/mol. The highest BCUT2D eigenvalue weighted by molar-refractivity contribution is 5.39. The molecule has 1 aromatic rings. The van der Waals surface area contributed by atoms with Crippen LogP contribution in [-0.2, 0) is 0 Å². The molecule has 1 saturated carbocycles. The van der Waals surface area contributed by atoms with Gasteiger partial charge in [0.2, 0.25) is 0 Å². The number of rotatable bonds is 7. The molecule has 0 aliphatic heterocycles. The molecule has 0 bridgehead atoms. The van der Waals surface area contributed by atoms with Crippen molar-refractivity contribution in [1.82, 2.24) is 5.32 Å². The molecule has 20 heavy (non-hydrogen) atoms. The van der Waals surface area contributed by atoms with Gasteiger partial charge in [-0.2, -0.15) is 0 Å². The summed E-state index contributed by atoms with van der Waals surface area (Å²) in [5.74, 6) is 0.900. The van der Waals surface area contributed by atoms with E-state index in [0.29, 0.717) is 18.6 Å². The van der Waals surface area contributed by atoms with E-state index in [1.165, 1.54) is 19.3 Å². The molecule has 1 aliphatic rings. The highest BCUT2D eigenvalue weighted by Crippen LogP contribution is 2.39. The topological polar surface area (TPSA) is 41.5 Å². The van der Waals surface area contributed by atoms with Crippen molar-refractivity contribution in [1.29, 1.82) is 0 Å². The van der Waals surface area contributed by atoms with E-state index in [1.54, 1.807) is 0 Å². The van der Waals surface area contributed by atoms with Crippen LogP contribution in [0.3, 0.4) is 0 Å². The van der Waals surface area contributed by atoms with Crippen LogP contribution in [0.25, 0.3) is 0 Å². The van der Waals surface area contributed by atoms with Crippen LogP contribution in [0.1, 0.15) is 37.3 Å². The molecule has 0 amide bonds. The van der Waals surface area contributed by atoms with Crippen LogP contribution < -0.4 is 10.1 Å². The van der Waals surface area contributed by atoms with Crippen molar-refractivity contribution in [3.05, 3.63) is 29.3 Å². The molecule has 0 radical (unpaired) electrons. The van der Waals surface area contributed by atoms with Gasteiger partial charge in [0.15, 0.2) is 0 Å². The number of benzene rings is 1. The van der Waals surface area contributed by atoms with Crippen molar-refractivity contribution in [2.75, 3.05) is 19.7 Å². The van der Waals surface area contributed by atoms with Crippen molar-refractivity contribution >= 4 is 0 Å². The summed E-state index contributed by atoms with van der Waals surface area (Å²) in [5.41, 5.74) is 2.69. The molecule has 0 aromatic heterocycles. The van der Waals surface area contributed by atoms with Gasteiger partial charge in [-0.25, -0.2) is 0 Å². The molecule has 3 heteroatoms. The molecule has 1 unspecified atom stereocenters. The van der Waals surface area contributed by atoms with Gasteiger partial charge in [-0.1, -0.05) is 31.5 Å². The van der Waals surface area contributed by atoms with Crippen LogP contribution in [0.15, 0.2) is 18.2 Å². The third-order valence-electron chi connectivity index (χ3n) is 4.32. The second-order valence-electron chi connectivity index (χ2n) is 6.48. The van der Waals surface area contributed by atoms with E-state index in [1.807, 2.05) is 32.0 Å². The van der Waals surface area contributed by atoms with Crippen molar-refractivity contribution in [2.24, 2.45) is 5.41 Å². The molecule has 0 heterocycles. The lowest BCUT2D eigenvalue weighted by atomic mass is 9.70. The molecular formula is C17H27NO2. The molecule has 0 spiro atoms. The Hall–Kier alpha value is -1.06. The van der Waals surface area contributed by atoms with Crippen LogP contribution in [0, 0.1) is 19.3 Å². The van der Waals surface area contributed by atoms with Gasteiger partial charge in [0.05, 0.1) is 0 Å². The lowest BCUT2D eigenvalue weighted by molar-refractivity contribution is 0.0941. The second-order valence-corrected chi connectivity index (χ2v) is 6.48. The Kier molecular flexibility index (Phi) is 5.06. The Morgan fingerprint density at radius 2 is 1.95 bits per heavy atom. The van der Waals surface area contributed by atoms with E-state index >= 15 is 0 Å². The van der Waals surface area contributed by atoms with Gasteiger partial charge >= 0.3 is 0 Å². The standard InChI is InChI=1S/C17H27NO2/c1-13-6-4-7-14(2)16(13)20-11-15(19)10-18-12-17(3)8-5-9-17/h4,6-7,15,18-19H,5,8-12H2,1-3H3. The maximum Gasteiger partial charge on any atom is 0.125 e. The summed E-state index contributed by atoms with van der Waals surface area (Å²) in [6, 6.07) is 6.09. The first-order chi connectivity index (χ1) is 9.50. The number of aryl methyl sites for hydroxylation is 2. The Bertz CT molecular complexity index is 420. The zero-order chi connectivity index (χ0) is 14.6. The maximum atomic E-state index is 9.99. The molecule has 1 atom stereocenters. The number of hydrogen-bond acceptors (Lipinski definition) is 3. The monoisotopic (exact) mass is 277 g/mol. The lowest BCUT2D eigenvalue weighted by Gasteiger charge is -2.38. The van der Waals surface area contributed by atoms with Crippen molar-refractivity contribution in [2.45, 2.75) is 46.1 Å². The first kappa shape index (κ1) is 15.3. The Balaban J connectivity index is 1.70. The van der Waals surface area contributed by atoms with Crippen LogP contribution in [-0.4, -0.2) is 30.9 Å². The number of nitrogens with one attached hydrogen (secondary N) is 1. The lowest BCUT2D eigenvalue weighted by Crippen LogP contribution is -2.41. The SMILES string of the molecule is Cc1cccc(C)c1OCC(O)CNCC1(C)CCC1. The average Bonchev–Trinajstić information content (AvgIpc) is 2.36. The molecular weight excluding hydrogens is 250 g/mol. The molecule has 112 valence electrons. The minimum atomic E-state index is -0.460. The molecule has 1 fully saturated rings. The van der Waals surface area contributed by atoms with Crippen molar-refractivity contribution in [3.63, 3.8) is 0 Å². The maximum absolute atomic E-state index is 9.99. The zero-order valence-electron chi connectivity index (χ0n) is 12.9. The van der Waals surface area contributed by atoms with Gasteiger partial charge in [0.25, 0.3) is 0 Å². The van der Waals surface area contributed by atoms with E-state index in [9.17, 15) is 5.11 Å². The number of aliphatic hydroxyl groups excluding tert-OH is 1. The second kappa shape index (κ2) is 6.59. The minimum Gasteiger partial charge on any atom is -0.490 e. The van der Waals surface area contributed by atoms with E-state index in [4.69, 9.17) is 4.74 Å². The zero-order valence-corrected chi connectivity index (χ0v) is 12.9. The van der Waals surface area contributed by atoms with Crippen molar-refractivity contribution < 1.29 is 9.84 Å². The summed E-state index contributed by atoms with van der Waals surface area (Å²) in [7, 11) is 0. The predicted molar refractivity (Wildman–Crippen MR) is 82.2 cm³/mol. The Labute approximate surface area is 122 Å². The first-order valence-corrected chi connectivity index (χ1v) is 7.58. The third-order valence-corrected chi connectivity index (χ3v) is 4.32. The van der Waals surface area contributed by atoms with Crippen LogP contribution in [0.4, 0.5) is 0 Å². The van der Waals surface area contributed by atoms with Crippen LogP contribution >= 0.6 is 0 Å². The van der Waals surface area contributed by atoms with E-state index < -0.39 is 6.10 Å². The highest BCUT2D eigenvalue weighted by atomic mass is 16.5. The van der Waals surface area contributed by atoms with Gasteiger partial charge in [-0.3, -0.25) is 0 Å².